The number of rotatable bonds is 3. The molecule has 1 saturated heterocycles. The first-order valence-electron chi connectivity index (χ1n) is 6.15. The second-order valence-corrected chi connectivity index (χ2v) is 5.31. The molecule has 1 aliphatic heterocycles. The lowest BCUT2D eigenvalue weighted by Gasteiger charge is -2.24. The molecule has 94 valence electrons. The summed E-state index contributed by atoms with van der Waals surface area (Å²) in [6, 6.07) is 4.09. The SMILES string of the molecule is O=C(c1ccsc1)N1CCCC1Cn1cccn1. The van der Waals surface area contributed by atoms with Crippen molar-refractivity contribution in [2.75, 3.05) is 6.54 Å². The van der Waals surface area contributed by atoms with Gasteiger partial charge < -0.3 is 4.90 Å². The predicted molar refractivity (Wildman–Crippen MR) is 70.6 cm³/mol. The zero-order valence-corrected chi connectivity index (χ0v) is 10.8. The molecule has 5 heteroatoms. The molecule has 1 unspecified atom stereocenters. The second-order valence-electron chi connectivity index (χ2n) is 4.53. The molecule has 3 rings (SSSR count). The minimum Gasteiger partial charge on any atom is -0.334 e. The fourth-order valence-corrected chi connectivity index (χ4v) is 3.10. The Morgan fingerprint density at radius 2 is 2.50 bits per heavy atom. The summed E-state index contributed by atoms with van der Waals surface area (Å²) in [6.45, 7) is 1.66. The molecule has 0 spiro atoms. The Balaban J connectivity index is 1.73. The predicted octanol–water partition coefficient (Wildman–Crippen LogP) is 2.25. The van der Waals surface area contributed by atoms with E-state index in [4.69, 9.17) is 0 Å². The van der Waals surface area contributed by atoms with E-state index in [1.54, 1.807) is 17.5 Å². The third kappa shape index (κ3) is 2.18. The maximum atomic E-state index is 12.3. The van der Waals surface area contributed by atoms with Crippen LogP contribution in [0.4, 0.5) is 0 Å². The molecule has 0 radical (unpaired) electrons. The Labute approximate surface area is 110 Å². The molecule has 2 aromatic heterocycles. The highest BCUT2D eigenvalue weighted by Gasteiger charge is 2.29. The number of amides is 1. The number of thiophene rings is 1. The highest BCUT2D eigenvalue weighted by atomic mass is 32.1. The van der Waals surface area contributed by atoms with E-state index in [0.29, 0.717) is 0 Å². The molecule has 2 aromatic rings. The van der Waals surface area contributed by atoms with Gasteiger partial charge in [0.15, 0.2) is 0 Å². The number of aromatic nitrogens is 2. The van der Waals surface area contributed by atoms with Gasteiger partial charge in [-0.25, -0.2) is 0 Å². The van der Waals surface area contributed by atoms with Gasteiger partial charge in [0.05, 0.1) is 18.2 Å². The van der Waals surface area contributed by atoms with Crippen molar-refractivity contribution in [3.8, 4) is 0 Å². The van der Waals surface area contributed by atoms with Crippen LogP contribution in [0.25, 0.3) is 0 Å². The summed E-state index contributed by atoms with van der Waals surface area (Å²) in [4.78, 5) is 14.3. The highest BCUT2D eigenvalue weighted by Crippen LogP contribution is 2.22. The van der Waals surface area contributed by atoms with Crippen LogP contribution in [0, 0.1) is 0 Å². The summed E-state index contributed by atoms with van der Waals surface area (Å²) >= 11 is 1.57. The molecule has 1 fully saturated rings. The molecule has 4 nitrogen and oxygen atoms in total. The van der Waals surface area contributed by atoms with Gasteiger partial charge in [0.2, 0.25) is 0 Å². The summed E-state index contributed by atoms with van der Waals surface area (Å²) in [6.07, 6.45) is 5.88. The van der Waals surface area contributed by atoms with Gasteiger partial charge in [-0.15, -0.1) is 0 Å². The molecule has 1 atom stereocenters. The van der Waals surface area contributed by atoms with Crippen molar-refractivity contribution in [1.82, 2.24) is 14.7 Å². The Kier molecular flexibility index (Phi) is 3.15. The third-order valence-electron chi connectivity index (χ3n) is 3.36. The van der Waals surface area contributed by atoms with Crippen molar-refractivity contribution in [3.63, 3.8) is 0 Å². The number of hydrogen-bond acceptors (Lipinski definition) is 3. The normalized spacial score (nSPS) is 19.3. The van der Waals surface area contributed by atoms with Gasteiger partial charge in [-0.2, -0.15) is 16.4 Å². The fraction of sp³-hybridized carbons (Fsp3) is 0.385. The number of likely N-dealkylation sites (tertiary alicyclic amines) is 1. The lowest BCUT2D eigenvalue weighted by molar-refractivity contribution is 0.0722. The van der Waals surface area contributed by atoms with E-state index in [2.05, 4.69) is 5.10 Å². The molecule has 1 aliphatic rings. The standard InChI is InChI=1S/C13H15N3OS/c17-13(11-4-8-18-10-11)16-7-1-3-12(16)9-15-6-2-5-14-15/h2,4-6,8,10,12H,1,3,7,9H2. The van der Waals surface area contributed by atoms with Crippen LogP contribution in [0.2, 0.25) is 0 Å². The van der Waals surface area contributed by atoms with Gasteiger partial charge in [-0.1, -0.05) is 0 Å². The zero-order valence-electron chi connectivity index (χ0n) is 10.0. The zero-order chi connectivity index (χ0) is 12.4. The Morgan fingerprint density at radius 3 is 3.22 bits per heavy atom. The molecule has 3 heterocycles. The van der Waals surface area contributed by atoms with Crippen LogP contribution < -0.4 is 0 Å². The van der Waals surface area contributed by atoms with E-state index in [1.807, 2.05) is 38.7 Å². The molecule has 0 N–H and O–H groups in total. The topological polar surface area (TPSA) is 38.1 Å². The second kappa shape index (κ2) is 4.94. The summed E-state index contributed by atoms with van der Waals surface area (Å²) < 4.78 is 1.91. The average Bonchev–Trinajstić information content (AvgIpc) is 3.12. The number of carbonyl (C=O) groups excluding carboxylic acids is 1. The van der Waals surface area contributed by atoms with Crippen LogP contribution in [0.5, 0.6) is 0 Å². The molecule has 0 bridgehead atoms. The van der Waals surface area contributed by atoms with Gasteiger partial charge in [0, 0.05) is 24.3 Å². The highest BCUT2D eigenvalue weighted by molar-refractivity contribution is 7.08. The van der Waals surface area contributed by atoms with Crippen molar-refractivity contribution >= 4 is 17.2 Å². The number of hydrogen-bond donors (Lipinski definition) is 0. The summed E-state index contributed by atoms with van der Waals surface area (Å²) in [5, 5.41) is 8.09. The van der Waals surface area contributed by atoms with Crippen LogP contribution in [0.1, 0.15) is 23.2 Å². The summed E-state index contributed by atoms with van der Waals surface area (Å²) in [7, 11) is 0. The lowest BCUT2D eigenvalue weighted by Crippen LogP contribution is -2.38. The van der Waals surface area contributed by atoms with Crippen molar-refractivity contribution in [1.29, 1.82) is 0 Å². The Morgan fingerprint density at radius 1 is 1.56 bits per heavy atom. The summed E-state index contributed by atoms with van der Waals surface area (Å²) in [5.74, 6) is 0.158. The maximum Gasteiger partial charge on any atom is 0.255 e. The van der Waals surface area contributed by atoms with Gasteiger partial charge in [-0.3, -0.25) is 9.48 Å². The van der Waals surface area contributed by atoms with E-state index >= 15 is 0 Å². The van der Waals surface area contributed by atoms with Crippen molar-refractivity contribution in [2.45, 2.75) is 25.4 Å². The van der Waals surface area contributed by atoms with E-state index in [0.717, 1.165) is 31.5 Å². The molecule has 0 aliphatic carbocycles. The van der Waals surface area contributed by atoms with Crippen molar-refractivity contribution in [2.24, 2.45) is 0 Å². The first kappa shape index (κ1) is 11.5. The molecule has 18 heavy (non-hydrogen) atoms. The minimum absolute atomic E-state index is 0.158. The van der Waals surface area contributed by atoms with Crippen LogP contribution in [-0.4, -0.2) is 33.2 Å². The smallest absolute Gasteiger partial charge is 0.255 e. The third-order valence-corrected chi connectivity index (χ3v) is 4.05. The quantitative estimate of drug-likeness (QED) is 0.850. The first-order valence-corrected chi connectivity index (χ1v) is 7.09. The summed E-state index contributed by atoms with van der Waals surface area (Å²) in [5.41, 5.74) is 0.812. The van der Waals surface area contributed by atoms with E-state index in [-0.39, 0.29) is 11.9 Å². The Hall–Kier alpha value is -1.62. The van der Waals surface area contributed by atoms with Crippen LogP contribution in [0.15, 0.2) is 35.3 Å². The molecule has 0 saturated carbocycles. The van der Waals surface area contributed by atoms with Gasteiger partial charge in [-0.05, 0) is 30.4 Å². The number of nitrogens with zero attached hydrogens (tertiary/aromatic N) is 3. The Bertz CT molecular complexity index is 506. The molecule has 1 amide bonds. The van der Waals surface area contributed by atoms with E-state index in [1.165, 1.54) is 0 Å². The minimum atomic E-state index is 0.158. The van der Waals surface area contributed by atoms with E-state index in [9.17, 15) is 4.79 Å². The molecular formula is C13H15N3OS. The fourth-order valence-electron chi connectivity index (χ4n) is 2.47. The van der Waals surface area contributed by atoms with Crippen LogP contribution in [-0.2, 0) is 6.54 Å². The van der Waals surface area contributed by atoms with Crippen molar-refractivity contribution in [3.05, 3.63) is 40.8 Å². The number of carbonyl (C=O) groups is 1. The van der Waals surface area contributed by atoms with Crippen LogP contribution >= 0.6 is 11.3 Å². The first-order chi connectivity index (χ1) is 8.84. The van der Waals surface area contributed by atoms with Gasteiger partial charge >= 0.3 is 0 Å². The maximum absolute atomic E-state index is 12.3. The molecule has 0 aromatic carbocycles. The average molecular weight is 261 g/mol. The van der Waals surface area contributed by atoms with E-state index < -0.39 is 0 Å². The lowest BCUT2D eigenvalue weighted by atomic mass is 10.2. The van der Waals surface area contributed by atoms with Crippen molar-refractivity contribution < 1.29 is 4.79 Å². The monoisotopic (exact) mass is 261 g/mol. The largest absolute Gasteiger partial charge is 0.334 e. The van der Waals surface area contributed by atoms with Crippen LogP contribution in [0.3, 0.4) is 0 Å². The molecular weight excluding hydrogens is 246 g/mol. The van der Waals surface area contributed by atoms with Gasteiger partial charge in [0.1, 0.15) is 0 Å². The van der Waals surface area contributed by atoms with Gasteiger partial charge in [0.25, 0.3) is 5.91 Å².